The van der Waals surface area contributed by atoms with Gasteiger partial charge in [-0.1, -0.05) is 13.0 Å². The molecule has 0 aromatic heterocycles. The number of phenolic OH excluding ortho intramolecular Hbond substituents is 1. The molecule has 1 aliphatic rings. The Kier molecular flexibility index (Phi) is 2.13. The molecular formula is C11H15NO. The number of nitrogens with one attached hydrogen (secondary N) is 1. The summed E-state index contributed by atoms with van der Waals surface area (Å²) in [5.41, 5.74) is 2.18. The molecule has 1 unspecified atom stereocenters. The lowest BCUT2D eigenvalue weighted by molar-refractivity contribution is 0.460. The van der Waals surface area contributed by atoms with Crippen molar-refractivity contribution in [2.45, 2.75) is 19.8 Å². The van der Waals surface area contributed by atoms with Gasteiger partial charge >= 0.3 is 0 Å². The van der Waals surface area contributed by atoms with Crippen LogP contribution < -0.4 is 5.32 Å². The van der Waals surface area contributed by atoms with E-state index in [2.05, 4.69) is 12.2 Å². The number of anilines is 1. The van der Waals surface area contributed by atoms with Gasteiger partial charge in [0.25, 0.3) is 0 Å². The summed E-state index contributed by atoms with van der Waals surface area (Å²) in [5, 5.41) is 13.0. The van der Waals surface area contributed by atoms with Crippen molar-refractivity contribution >= 4 is 5.69 Å². The summed E-state index contributed by atoms with van der Waals surface area (Å²) in [5.74, 6) is 1.08. The molecule has 0 saturated heterocycles. The van der Waals surface area contributed by atoms with Crippen LogP contribution in [0.4, 0.5) is 5.69 Å². The lowest BCUT2D eigenvalue weighted by Gasteiger charge is -2.09. The predicted molar refractivity (Wildman–Crippen MR) is 54.1 cm³/mol. The Labute approximate surface area is 78.6 Å². The number of hydrogen-bond acceptors (Lipinski definition) is 2. The van der Waals surface area contributed by atoms with E-state index in [1.54, 1.807) is 6.07 Å². The molecule has 1 aromatic carbocycles. The molecule has 2 rings (SSSR count). The third kappa shape index (κ3) is 1.62. The minimum absolute atomic E-state index is 0.429. The predicted octanol–water partition coefficient (Wildman–Crippen LogP) is 2.39. The van der Waals surface area contributed by atoms with Crippen LogP contribution in [0.25, 0.3) is 0 Å². The number of hydrogen-bond donors (Lipinski definition) is 2. The Morgan fingerprint density at radius 3 is 3.15 bits per heavy atom. The average molecular weight is 177 g/mol. The third-order valence-corrected chi connectivity index (χ3v) is 2.66. The fraction of sp³-hybridized carbons (Fsp3) is 0.455. The highest BCUT2D eigenvalue weighted by Crippen LogP contribution is 2.30. The van der Waals surface area contributed by atoms with Crippen molar-refractivity contribution in [3.8, 4) is 5.75 Å². The third-order valence-electron chi connectivity index (χ3n) is 2.66. The van der Waals surface area contributed by atoms with E-state index in [1.807, 2.05) is 12.1 Å². The first-order valence-corrected chi connectivity index (χ1v) is 4.82. The van der Waals surface area contributed by atoms with Gasteiger partial charge in [0.2, 0.25) is 0 Å². The zero-order valence-corrected chi connectivity index (χ0v) is 7.88. The van der Waals surface area contributed by atoms with E-state index in [-0.39, 0.29) is 0 Å². The van der Waals surface area contributed by atoms with E-state index in [0.717, 1.165) is 24.2 Å². The highest BCUT2D eigenvalue weighted by Gasteiger charge is 2.15. The second-order valence-electron chi connectivity index (χ2n) is 3.83. The fourth-order valence-electron chi connectivity index (χ4n) is 1.86. The van der Waals surface area contributed by atoms with Crippen LogP contribution in [0.5, 0.6) is 5.75 Å². The van der Waals surface area contributed by atoms with E-state index in [9.17, 15) is 5.11 Å². The zero-order valence-electron chi connectivity index (χ0n) is 7.88. The summed E-state index contributed by atoms with van der Waals surface area (Å²) < 4.78 is 0. The van der Waals surface area contributed by atoms with Crippen LogP contribution in [0.1, 0.15) is 18.9 Å². The summed E-state index contributed by atoms with van der Waals surface area (Å²) in [6.07, 6.45) is 2.16. The molecule has 0 bridgehead atoms. The second-order valence-corrected chi connectivity index (χ2v) is 3.83. The van der Waals surface area contributed by atoms with Gasteiger partial charge in [0.15, 0.2) is 0 Å². The molecule has 0 saturated carbocycles. The second kappa shape index (κ2) is 3.29. The molecule has 1 aromatic rings. The van der Waals surface area contributed by atoms with Crippen LogP contribution in [0, 0.1) is 5.92 Å². The van der Waals surface area contributed by atoms with Gasteiger partial charge in [-0.3, -0.25) is 0 Å². The SMILES string of the molecule is CC1CCNc2cccc(O)c2C1. The van der Waals surface area contributed by atoms with Gasteiger partial charge in [-0.25, -0.2) is 0 Å². The summed E-state index contributed by atoms with van der Waals surface area (Å²) in [7, 11) is 0. The minimum Gasteiger partial charge on any atom is -0.508 e. The molecule has 0 spiro atoms. The van der Waals surface area contributed by atoms with Crippen molar-refractivity contribution < 1.29 is 5.11 Å². The van der Waals surface area contributed by atoms with Gasteiger partial charge in [-0.15, -0.1) is 0 Å². The Morgan fingerprint density at radius 2 is 2.31 bits per heavy atom. The van der Waals surface area contributed by atoms with Crippen LogP contribution in [0.2, 0.25) is 0 Å². The number of fused-ring (bicyclic) bond motifs is 1. The van der Waals surface area contributed by atoms with Gasteiger partial charge < -0.3 is 10.4 Å². The topological polar surface area (TPSA) is 32.3 Å². The Hall–Kier alpha value is -1.18. The molecule has 2 heteroatoms. The molecule has 2 nitrogen and oxygen atoms in total. The monoisotopic (exact) mass is 177 g/mol. The lowest BCUT2D eigenvalue weighted by atomic mass is 9.98. The number of phenols is 1. The quantitative estimate of drug-likeness (QED) is 0.637. The molecule has 13 heavy (non-hydrogen) atoms. The lowest BCUT2D eigenvalue weighted by Crippen LogP contribution is -2.01. The molecule has 2 N–H and O–H groups in total. The molecule has 1 atom stereocenters. The molecule has 0 amide bonds. The van der Waals surface area contributed by atoms with E-state index < -0.39 is 0 Å². The maximum absolute atomic E-state index is 9.66. The molecule has 1 heterocycles. The average Bonchev–Trinajstić information content (AvgIpc) is 2.28. The molecule has 0 aliphatic carbocycles. The van der Waals surface area contributed by atoms with Gasteiger partial charge in [-0.2, -0.15) is 0 Å². The highest BCUT2D eigenvalue weighted by atomic mass is 16.3. The van der Waals surface area contributed by atoms with Crippen LogP contribution in [-0.2, 0) is 6.42 Å². The molecule has 0 fully saturated rings. The normalized spacial score (nSPS) is 21.5. The standard InChI is InChI=1S/C11H15NO/c1-8-5-6-12-10-3-2-4-11(13)9(10)7-8/h2-4,8,12-13H,5-7H2,1H3. The van der Waals surface area contributed by atoms with Gasteiger partial charge in [0.1, 0.15) is 5.75 Å². The maximum atomic E-state index is 9.66. The maximum Gasteiger partial charge on any atom is 0.120 e. The Morgan fingerprint density at radius 1 is 1.46 bits per heavy atom. The van der Waals surface area contributed by atoms with Crippen LogP contribution in [0.15, 0.2) is 18.2 Å². The summed E-state index contributed by atoms with van der Waals surface area (Å²) in [6, 6.07) is 5.68. The molecule has 0 radical (unpaired) electrons. The van der Waals surface area contributed by atoms with Crippen molar-refractivity contribution in [1.82, 2.24) is 0 Å². The van der Waals surface area contributed by atoms with Crippen molar-refractivity contribution in [3.05, 3.63) is 23.8 Å². The van der Waals surface area contributed by atoms with Crippen molar-refractivity contribution in [1.29, 1.82) is 0 Å². The first-order chi connectivity index (χ1) is 6.27. The minimum atomic E-state index is 0.429. The summed E-state index contributed by atoms with van der Waals surface area (Å²) in [4.78, 5) is 0. The molecule has 1 aliphatic heterocycles. The summed E-state index contributed by atoms with van der Waals surface area (Å²) >= 11 is 0. The van der Waals surface area contributed by atoms with Crippen molar-refractivity contribution in [2.75, 3.05) is 11.9 Å². The van der Waals surface area contributed by atoms with E-state index in [0.29, 0.717) is 11.7 Å². The Bertz CT molecular complexity index is 309. The number of rotatable bonds is 0. The van der Waals surface area contributed by atoms with Gasteiger partial charge in [0, 0.05) is 17.8 Å². The first-order valence-electron chi connectivity index (χ1n) is 4.82. The van der Waals surface area contributed by atoms with Crippen molar-refractivity contribution in [2.24, 2.45) is 5.92 Å². The highest BCUT2D eigenvalue weighted by molar-refractivity contribution is 5.57. The van der Waals surface area contributed by atoms with Crippen LogP contribution in [-0.4, -0.2) is 11.7 Å². The van der Waals surface area contributed by atoms with Gasteiger partial charge in [-0.05, 0) is 30.9 Å². The number of benzene rings is 1. The first kappa shape index (κ1) is 8.42. The zero-order chi connectivity index (χ0) is 9.26. The van der Waals surface area contributed by atoms with Gasteiger partial charge in [0.05, 0.1) is 0 Å². The largest absolute Gasteiger partial charge is 0.508 e. The van der Waals surface area contributed by atoms with E-state index in [4.69, 9.17) is 0 Å². The van der Waals surface area contributed by atoms with Crippen LogP contribution in [0.3, 0.4) is 0 Å². The van der Waals surface area contributed by atoms with Crippen LogP contribution >= 0.6 is 0 Å². The summed E-state index contributed by atoms with van der Waals surface area (Å²) in [6.45, 7) is 3.24. The molecular weight excluding hydrogens is 162 g/mol. The van der Waals surface area contributed by atoms with E-state index in [1.165, 1.54) is 6.42 Å². The van der Waals surface area contributed by atoms with Crippen molar-refractivity contribution in [3.63, 3.8) is 0 Å². The smallest absolute Gasteiger partial charge is 0.120 e. The van der Waals surface area contributed by atoms with E-state index >= 15 is 0 Å². The molecule has 70 valence electrons. The Balaban J connectivity index is 2.40. The fourth-order valence-corrected chi connectivity index (χ4v) is 1.86. The number of aromatic hydroxyl groups is 1.